The molecule has 1 aromatic carbocycles. The predicted molar refractivity (Wildman–Crippen MR) is 91.3 cm³/mol. The third-order valence-electron chi connectivity index (χ3n) is 4.09. The highest BCUT2D eigenvalue weighted by Crippen LogP contribution is 2.32. The summed E-state index contributed by atoms with van der Waals surface area (Å²) in [5, 5.41) is 0. The van der Waals surface area contributed by atoms with Crippen molar-refractivity contribution in [3.63, 3.8) is 0 Å². The summed E-state index contributed by atoms with van der Waals surface area (Å²) in [6.07, 6.45) is 6.38. The SMILES string of the molecule is CC(C)CN(c1ccc(Br)cc1CCN)C1CCCC1. The fourth-order valence-corrected chi connectivity index (χ4v) is 3.65. The molecule has 1 fully saturated rings. The predicted octanol–water partition coefficient (Wildman–Crippen LogP) is 4.36. The normalized spacial score (nSPS) is 16.1. The average molecular weight is 339 g/mol. The van der Waals surface area contributed by atoms with E-state index in [1.54, 1.807) is 0 Å². The van der Waals surface area contributed by atoms with Crippen molar-refractivity contribution >= 4 is 21.6 Å². The van der Waals surface area contributed by atoms with Gasteiger partial charge in [-0.05, 0) is 55.5 Å². The summed E-state index contributed by atoms with van der Waals surface area (Å²) in [5.74, 6) is 0.685. The van der Waals surface area contributed by atoms with Gasteiger partial charge in [0.25, 0.3) is 0 Å². The molecule has 1 saturated carbocycles. The van der Waals surface area contributed by atoms with Crippen LogP contribution >= 0.6 is 15.9 Å². The van der Waals surface area contributed by atoms with E-state index < -0.39 is 0 Å². The first-order valence-electron chi connectivity index (χ1n) is 7.87. The van der Waals surface area contributed by atoms with Crippen molar-refractivity contribution in [1.29, 1.82) is 0 Å². The first kappa shape index (κ1) is 15.8. The molecule has 2 rings (SSSR count). The van der Waals surface area contributed by atoms with E-state index in [9.17, 15) is 0 Å². The molecule has 0 heterocycles. The molecule has 2 N–H and O–H groups in total. The molecular formula is C17H27BrN2. The Balaban J connectivity index is 2.31. The second kappa shape index (κ2) is 7.46. The third-order valence-corrected chi connectivity index (χ3v) is 4.59. The van der Waals surface area contributed by atoms with E-state index in [2.05, 4.69) is 52.9 Å². The van der Waals surface area contributed by atoms with Gasteiger partial charge in [0.2, 0.25) is 0 Å². The van der Waals surface area contributed by atoms with Crippen LogP contribution in [0.15, 0.2) is 22.7 Å². The molecule has 0 amide bonds. The van der Waals surface area contributed by atoms with Crippen LogP contribution in [0.1, 0.15) is 45.1 Å². The maximum Gasteiger partial charge on any atom is 0.0402 e. The summed E-state index contributed by atoms with van der Waals surface area (Å²) in [7, 11) is 0. The Morgan fingerprint density at radius 1 is 1.30 bits per heavy atom. The van der Waals surface area contributed by atoms with Crippen molar-refractivity contribution in [1.82, 2.24) is 0 Å². The molecular weight excluding hydrogens is 312 g/mol. The minimum absolute atomic E-state index is 0.685. The minimum atomic E-state index is 0.685. The molecule has 0 aromatic heterocycles. The van der Waals surface area contributed by atoms with Crippen LogP contribution in [0.3, 0.4) is 0 Å². The highest BCUT2D eigenvalue weighted by Gasteiger charge is 2.24. The van der Waals surface area contributed by atoms with Gasteiger partial charge in [0.1, 0.15) is 0 Å². The standard InChI is InChI=1S/C17H27BrN2/c1-13(2)12-20(16-5-3-4-6-16)17-8-7-15(18)11-14(17)9-10-19/h7-8,11,13,16H,3-6,9-10,12,19H2,1-2H3. The Labute approximate surface area is 131 Å². The lowest BCUT2D eigenvalue weighted by molar-refractivity contribution is 0.534. The number of rotatable bonds is 6. The van der Waals surface area contributed by atoms with Gasteiger partial charge >= 0.3 is 0 Å². The summed E-state index contributed by atoms with van der Waals surface area (Å²) < 4.78 is 1.15. The second-order valence-electron chi connectivity index (χ2n) is 6.30. The topological polar surface area (TPSA) is 29.3 Å². The molecule has 2 nitrogen and oxygen atoms in total. The first-order valence-corrected chi connectivity index (χ1v) is 8.66. The molecule has 1 aliphatic carbocycles. The van der Waals surface area contributed by atoms with E-state index in [0.717, 1.165) is 23.5 Å². The zero-order chi connectivity index (χ0) is 14.5. The smallest absolute Gasteiger partial charge is 0.0402 e. The van der Waals surface area contributed by atoms with Crippen molar-refractivity contribution in [3.05, 3.63) is 28.2 Å². The van der Waals surface area contributed by atoms with E-state index in [1.807, 2.05) is 0 Å². The van der Waals surface area contributed by atoms with E-state index >= 15 is 0 Å². The third kappa shape index (κ3) is 3.98. The van der Waals surface area contributed by atoms with Crippen LogP contribution in [0.2, 0.25) is 0 Å². The van der Waals surface area contributed by atoms with Gasteiger partial charge in [-0.15, -0.1) is 0 Å². The van der Waals surface area contributed by atoms with Gasteiger partial charge in [-0.25, -0.2) is 0 Å². The quantitative estimate of drug-likeness (QED) is 0.835. The summed E-state index contributed by atoms with van der Waals surface area (Å²) in [5.41, 5.74) is 8.59. The molecule has 0 saturated heterocycles. The number of hydrogen-bond donors (Lipinski definition) is 1. The van der Waals surface area contributed by atoms with E-state index in [0.29, 0.717) is 12.5 Å². The van der Waals surface area contributed by atoms with Crippen molar-refractivity contribution < 1.29 is 0 Å². The van der Waals surface area contributed by atoms with Gasteiger partial charge in [-0.1, -0.05) is 42.6 Å². The summed E-state index contributed by atoms with van der Waals surface area (Å²) in [4.78, 5) is 2.65. The van der Waals surface area contributed by atoms with Gasteiger partial charge < -0.3 is 10.6 Å². The zero-order valence-corrected chi connectivity index (χ0v) is 14.3. The van der Waals surface area contributed by atoms with Crippen molar-refractivity contribution in [2.75, 3.05) is 18.0 Å². The van der Waals surface area contributed by atoms with Crippen LogP contribution in [0.4, 0.5) is 5.69 Å². The van der Waals surface area contributed by atoms with E-state index in [-0.39, 0.29) is 0 Å². The van der Waals surface area contributed by atoms with Crippen LogP contribution in [0.25, 0.3) is 0 Å². The molecule has 0 bridgehead atoms. The van der Waals surface area contributed by atoms with Crippen LogP contribution < -0.4 is 10.6 Å². The Bertz CT molecular complexity index is 425. The molecule has 20 heavy (non-hydrogen) atoms. The van der Waals surface area contributed by atoms with Crippen LogP contribution in [0, 0.1) is 5.92 Å². The average Bonchev–Trinajstić information content (AvgIpc) is 2.90. The largest absolute Gasteiger partial charge is 0.368 e. The Morgan fingerprint density at radius 2 is 2.00 bits per heavy atom. The molecule has 0 unspecified atom stereocenters. The number of benzene rings is 1. The molecule has 1 aromatic rings. The number of anilines is 1. The number of halogens is 1. The fraction of sp³-hybridized carbons (Fsp3) is 0.647. The fourth-order valence-electron chi connectivity index (χ4n) is 3.24. The Kier molecular flexibility index (Phi) is 5.91. The van der Waals surface area contributed by atoms with Crippen molar-refractivity contribution in [2.24, 2.45) is 11.7 Å². The van der Waals surface area contributed by atoms with Crippen LogP contribution in [0.5, 0.6) is 0 Å². The van der Waals surface area contributed by atoms with Crippen LogP contribution in [-0.2, 0) is 6.42 Å². The van der Waals surface area contributed by atoms with Gasteiger partial charge in [0, 0.05) is 22.7 Å². The number of nitrogens with zero attached hydrogens (tertiary/aromatic N) is 1. The lowest BCUT2D eigenvalue weighted by atomic mass is 10.0. The molecule has 112 valence electrons. The molecule has 0 atom stereocenters. The van der Waals surface area contributed by atoms with Gasteiger partial charge in [-0.3, -0.25) is 0 Å². The monoisotopic (exact) mass is 338 g/mol. The summed E-state index contributed by atoms with van der Waals surface area (Å²) >= 11 is 3.59. The highest BCUT2D eigenvalue weighted by molar-refractivity contribution is 9.10. The lowest BCUT2D eigenvalue weighted by Gasteiger charge is -2.34. The highest BCUT2D eigenvalue weighted by atomic mass is 79.9. The maximum absolute atomic E-state index is 5.80. The van der Waals surface area contributed by atoms with Gasteiger partial charge in [0.05, 0.1) is 0 Å². The van der Waals surface area contributed by atoms with E-state index in [1.165, 1.54) is 36.9 Å². The lowest BCUT2D eigenvalue weighted by Crippen LogP contribution is -2.37. The van der Waals surface area contributed by atoms with Crippen molar-refractivity contribution in [2.45, 2.75) is 52.0 Å². The maximum atomic E-state index is 5.80. The molecule has 0 radical (unpaired) electrons. The van der Waals surface area contributed by atoms with Crippen molar-refractivity contribution in [3.8, 4) is 0 Å². The Hall–Kier alpha value is -0.540. The first-order chi connectivity index (χ1) is 9.61. The molecule has 0 spiro atoms. The van der Waals surface area contributed by atoms with Gasteiger partial charge in [0.15, 0.2) is 0 Å². The van der Waals surface area contributed by atoms with Gasteiger partial charge in [-0.2, -0.15) is 0 Å². The second-order valence-corrected chi connectivity index (χ2v) is 7.21. The summed E-state index contributed by atoms with van der Waals surface area (Å²) in [6.45, 7) is 6.47. The Morgan fingerprint density at radius 3 is 2.60 bits per heavy atom. The zero-order valence-electron chi connectivity index (χ0n) is 12.7. The summed E-state index contributed by atoms with van der Waals surface area (Å²) in [6, 6.07) is 7.40. The number of hydrogen-bond acceptors (Lipinski definition) is 2. The molecule has 3 heteroatoms. The molecule has 1 aliphatic rings. The minimum Gasteiger partial charge on any atom is -0.368 e. The number of nitrogens with two attached hydrogens (primary N) is 1. The van der Waals surface area contributed by atoms with Crippen LogP contribution in [-0.4, -0.2) is 19.1 Å². The molecule has 0 aliphatic heterocycles. The van der Waals surface area contributed by atoms with E-state index in [4.69, 9.17) is 5.73 Å².